The van der Waals surface area contributed by atoms with E-state index in [0.29, 0.717) is 12.4 Å². The first-order valence-electron chi connectivity index (χ1n) is 5.11. The second kappa shape index (κ2) is 6.29. The second-order valence-corrected chi connectivity index (χ2v) is 3.26. The van der Waals surface area contributed by atoms with E-state index in [-0.39, 0.29) is 6.61 Å². The number of halogens is 1. The molecule has 0 atom stereocenters. The van der Waals surface area contributed by atoms with Crippen LogP contribution in [0.1, 0.15) is 19.8 Å². The average Bonchev–Trinajstić information content (AvgIpc) is 2.24. The number of rotatable bonds is 6. The Hall–Kier alpha value is -1.23. The van der Waals surface area contributed by atoms with Crippen LogP contribution in [-0.2, 0) is 0 Å². The Labute approximate surface area is 88.8 Å². The zero-order valence-corrected chi connectivity index (χ0v) is 8.86. The largest absolute Gasteiger partial charge is 0.395 e. The molecule has 4 nitrogen and oxygen atoms in total. The predicted octanol–water partition coefficient (Wildman–Crippen LogP) is 1.21. The van der Waals surface area contributed by atoms with Crippen LogP contribution in [0.15, 0.2) is 12.4 Å². The number of aliphatic hydroxyl groups is 1. The number of aromatic nitrogens is 2. The fraction of sp³-hybridized carbons (Fsp3) is 0.600. The minimum Gasteiger partial charge on any atom is -0.395 e. The Kier molecular flexibility index (Phi) is 4.97. The van der Waals surface area contributed by atoms with Crippen molar-refractivity contribution < 1.29 is 9.50 Å². The van der Waals surface area contributed by atoms with Crippen molar-refractivity contribution in [2.75, 3.05) is 24.6 Å². The maximum absolute atomic E-state index is 12.8. The number of aliphatic hydroxyl groups excluding tert-OH is 1. The molecule has 0 radical (unpaired) electrons. The molecule has 0 aliphatic heterocycles. The molecule has 15 heavy (non-hydrogen) atoms. The summed E-state index contributed by atoms with van der Waals surface area (Å²) < 4.78 is 12.8. The molecule has 0 aromatic carbocycles. The molecular formula is C10H16FN3O. The molecular weight excluding hydrogens is 197 g/mol. The standard InChI is InChI=1S/C10H16FN3O/c1-2-3-4-14(5-6-15)10-7-9(11)12-8-13-10/h7-8,15H,2-6H2,1H3. The van der Waals surface area contributed by atoms with E-state index in [4.69, 9.17) is 5.11 Å². The lowest BCUT2D eigenvalue weighted by Crippen LogP contribution is -2.28. The first-order valence-corrected chi connectivity index (χ1v) is 5.11. The second-order valence-electron chi connectivity index (χ2n) is 3.26. The van der Waals surface area contributed by atoms with Gasteiger partial charge in [0.15, 0.2) is 0 Å². The topological polar surface area (TPSA) is 49.2 Å². The van der Waals surface area contributed by atoms with E-state index in [1.807, 2.05) is 4.90 Å². The molecule has 0 bridgehead atoms. The normalized spacial score (nSPS) is 10.3. The van der Waals surface area contributed by atoms with E-state index in [1.165, 1.54) is 12.4 Å². The van der Waals surface area contributed by atoms with Crippen LogP contribution in [-0.4, -0.2) is 34.8 Å². The van der Waals surface area contributed by atoms with E-state index in [1.54, 1.807) is 0 Å². The molecule has 0 amide bonds. The molecule has 1 aromatic heterocycles. The summed E-state index contributed by atoms with van der Waals surface area (Å²) in [5.74, 6) is -0.00978. The fourth-order valence-electron chi connectivity index (χ4n) is 1.31. The van der Waals surface area contributed by atoms with E-state index in [2.05, 4.69) is 16.9 Å². The van der Waals surface area contributed by atoms with Gasteiger partial charge < -0.3 is 10.0 Å². The van der Waals surface area contributed by atoms with E-state index >= 15 is 0 Å². The lowest BCUT2D eigenvalue weighted by atomic mass is 10.3. The molecule has 0 aliphatic rings. The first kappa shape index (κ1) is 11.8. The quantitative estimate of drug-likeness (QED) is 0.722. The van der Waals surface area contributed by atoms with Crippen LogP contribution in [0.25, 0.3) is 0 Å². The molecule has 1 rings (SSSR count). The SMILES string of the molecule is CCCCN(CCO)c1cc(F)ncn1. The van der Waals surface area contributed by atoms with Gasteiger partial charge in [0.2, 0.25) is 5.95 Å². The number of hydrogen-bond acceptors (Lipinski definition) is 4. The van der Waals surface area contributed by atoms with Crippen molar-refractivity contribution in [2.45, 2.75) is 19.8 Å². The van der Waals surface area contributed by atoms with Gasteiger partial charge in [-0.05, 0) is 6.42 Å². The number of nitrogens with zero attached hydrogens (tertiary/aromatic N) is 3. The lowest BCUT2D eigenvalue weighted by Gasteiger charge is -2.22. The van der Waals surface area contributed by atoms with Crippen molar-refractivity contribution >= 4 is 5.82 Å². The summed E-state index contributed by atoms with van der Waals surface area (Å²) in [6.07, 6.45) is 3.24. The summed E-state index contributed by atoms with van der Waals surface area (Å²) in [6, 6.07) is 1.28. The third-order valence-electron chi connectivity index (χ3n) is 2.09. The van der Waals surface area contributed by atoms with Gasteiger partial charge in [-0.15, -0.1) is 0 Å². The summed E-state index contributed by atoms with van der Waals surface area (Å²) in [6.45, 7) is 3.36. The molecule has 0 saturated heterocycles. The first-order chi connectivity index (χ1) is 7.27. The number of unbranched alkanes of at least 4 members (excludes halogenated alkanes) is 1. The van der Waals surface area contributed by atoms with Gasteiger partial charge in [-0.2, -0.15) is 4.39 Å². The molecule has 1 heterocycles. The maximum Gasteiger partial charge on any atom is 0.218 e. The van der Waals surface area contributed by atoms with Crippen molar-refractivity contribution in [2.24, 2.45) is 0 Å². The molecule has 0 fully saturated rings. The summed E-state index contributed by atoms with van der Waals surface area (Å²) in [5, 5.41) is 8.89. The Morgan fingerprint density at radius 2 is 2.20 bits per heavy atom. The third kappa shape index (κ3) is 3.79. The Balaban J connectivity index is 2.69. The van der Waals surface area contributed by atoms with Crippen LogP contribution < -0.4 is 4.90 Å². The summed E-state index contributed by atoms with van der Waals surface area (Å²) in [7, 11) is 0. The molecule has 5 heteroatoms. The minimum atomic E-state index is -0.542. The minimum absolute atomic E-state index is 0.0370. The maximum atomic E-state index is 12.8. The fourth-order valence-corrected chi connectivity index (χ4v) is 1.31. The van der Waals surface area contributed by atoms with E-state index < -0.39 is 5.95 Å². The molecule has 0 saturated carbocycles. The molecule has 0 aliphatic carbocycles. The van der Waals surface area contributed by atoms with Crippen molar-refractivity contribution in [3.05, 3.63) is 18.3 Å². The van der Waals surface area contributed by atoms with Crippen molar-refractivity contribution in [1.82, 2.24) is 9.97 Å². The highest BCUT2D eigenvalue weighted by Gasteiger charge is 2.07. The van der Waals surface area contributed by atoms with E-state index in [0.717, 1.165) is 19.4 Å². The monoisotopic (exact) mass is 213 g/mol. The van der Waals surface area contributed by atoms with Crippen LogP contribution in [0.4, 0.5) is 10.2 Å². The van der Waals surface area contributed by atoms with Crippen molar-refractivity contribution in [3.63, 3.8) is 0 Å². The zero-order chi connectivity index (χ0) is 11.1. The molecule has 84 valence electrons. The van der Waals surface area contributed by atoms with Crippen LogP contribution in [0.2, 0.25) is 0 Å². The molecule has 1 N–H and O–H groups in total. The Morgan fingerprint density at radius 1 is 1.40 bits per heavy atom. The summed E-state index contributed by atoms with van der Waals surface area (Å²) in [5.41, 5.74) is 0. The number of hydrogen-bond donors (Lipinski definition) is 1. The van der Waals surface area contributed by atoms with Crippen LogP contribution in [0.5, 0.6) is 0 Å². The zero-order valence-electron chi connectivity index (χ0n) is 8.86. The molecule has 0 unspecified atom stereocenters. The Bertz CT molecular complexity index is 296. The van der Waals surface area contributed by atoms with Crippen LogP contribution in [0, 0.1) is 5.95 Å². The third-order valence-corrected chi connectivity index (χ3v) is 2.09. The van der Waals surface area contributed by atoms with Gasteiger partial charge in [0, 0.05) is 19.2 Å². The summed E-state index contributed by atoms with van der Waals surface area (Å²) >= 11 is 0. The number of anilines is 1. The molecule has 1 aromatic rings. The van der Waals surface area contributed by atoms with Gasteiger partial charge in [-0.1, -0.05) is 13.3 Å². The van der Waals surface area contributed by atoms with Gasteiger partial charge in [-0.25, -0.2) is 9.97 Å². The van der Waals surface area contributed by atoms with Crippen molar-refractivity contribution in [3.8, 4) is 0 Å². The highest BCUT2D eigenvalue weighted by molar-refractivity contribution is 5.36. The van der Waals surface area contributed by atoms with Gasteiger partial charge in [-0.3, -0.25) is 0 Å². The van der Waals surface area contributed by atoms with Gasteiger partial charge in [0.1, 0.15) is 12.1 Å². The average molecular weight is 213 g/mol. The smallest absolute Gasteiger partial charge is 0.218 e. The van der Waals surface area contributed by atoms with Crippen LogP contribution >= 0.6 is 0 Å². The molecule has 0 spiro atoms. The van der Waals surface area contributed by atoms with Crippen LogP contribution in [0.3, 0.4) is 0 Å². The van der Waals surface area contributed by atoms with E-state index in [9.17, 15) is 4.39 Å². The van der Waals surface area contributed by atoms with Gasteiger partial charge >= 0.3 is 0 Å². The summed E-state index contributed by atoms with van der Waals surface area (Å²) in [4.78, 5) is 9.23. The van der Waals surface area contributed by atoms with Gasteiger partial charge in [0.05, 0.1) is 6.61 Å². The predicted molar refractivity (Wildman–Crippen MR) is 56.2 cm³/mol. The Morgan fingerprint density at radius 3 is 2.80 bits per heavy atom. The lowest BCUT2D eigenvalue weighted by molar-refractivity contribution is 0.301. The highest BCUT2D eigenvalue weighted by atomic mass is 19.1. The highest BCUT2D eigenvalue weighted by Crippen LogP contribution is 2.10. The van der Waals surface area contributed by atoms with Crippen molar-refractivity contribution in [1.29, 1.82) is 0 Å². The van der Waals surface area contributed by atoms with Gasteiger partial charge in [0.25, 0.3) is 0 Å².